The quantitative estimate of drug-likeness (QED) is 0.888. The first-order chi connectivity index (χ1) is 8.84. The number of anilines is 1. The van der Waals surface area contributed by atoms with Crippen LogP contribution < -0.4 is 5.73 Å². The van der Waals surface area contributed by atoms with Crippen LogP contribution in [0.15, 0.2) is 0 Å². The van der Waals surface area contributed by atoms with Gasteiger partial charge in [-0.05, 0) is 25.7 Å². The Hall–Kier alpha value is -0.610. The summed E-state index contributed by atoms with van der Waals surface area (Å²) in [5.41, 5.74) is 7.30. The second kappa shape index (κ2) is 5.57. The van der Waals surface area contributed by atoms with E-state index in [0.717, 1.165) is 30.3 Å². The first kappa shape index (κ1) is 12.4. The van der Waals surface area contributed by atoms with Crippen molar-refractivity contribution in [1.82, 2.24) is 4.98 Å². The van der Waals surface area contributed by atoms with Crippen molar-refractivity contribution >= 4 is 16.3 Å². The lowest BCUT2D eigenvalue weighted by Gasteiger charge is -2.21. The maximum absolute atomic E-state index is 6.18. The number of aromatic nitrogens is 1. The Morgan fingerprint density at radius 3 is 2.56 bits per heavy atom. The van der Waals surface area contributed by atoms with Crippen molar-refractivity contribution in [2.24, 2.45) is 0 Å². The van der Waals surface area contributed by atoms with E-state index in [1.54, 1.807) is 11.3 Å². The Morgan fingerprint density at radius 1 is 1.06 bits per heavy atom. The summed E-state index contributed by atoms with van der Waals surface area (Å²) in [6.07, 6.45) is 9.01. The minimum atomic E-state index is 0.437. The van der Waals surface area contributed by atoms with Gasteiger partial charge in [-0.15, -0.1) is 11.3 Å². The molecule has 0 aromatic carbocycles. The third kappa shape index (κ3) is 2.54. The second-order valence-electron chi connectivity index (χ2n) is 5.55. The summed E-state index contributed by atoms with van der Waals surface area (Å²) in [6.45, 7) is 1.70. The van der Waals surface area contributed by atoms with Crippen LogP contribution in [0.1, 0.15) is 67.5 Å². The summed E-state index contributed by atoms with van der Waals surface area (Å²) in [5, 5.41) is 2.22. The van der Waals surface area contributed by atoms with Crippen molar-refractivity contribution in [3.05, 3.63) is 10.7 Å². The number of thiazole rings is 1. The summed E-state index contributed by atoms with van der Waals surface area (Å²) >= 11 is 1.73. The van der Waals surface area contributed by atoms with Gasteiger partial charge in [0.1, 0.15) is 5.00 Å². The van der Waals surface area contributed by atoms with E-state index < -0.39 is 0 Å². The van der Waals surface area contributed by atoms with Crippen molar-refractivity contribution in [2.75, 3.05) is 18.9 Å². The Balaban J connectivity index is 1.76. The lowest BCUT2D eigenvalue weighted by atomic mass is 9.90. The number of hydrogen-bond acceptors (Lipinski definition) is 4. The number of nitrogen functional groups attached to an aromatic ring is 1. The highest BCUT2D eigenvalue weighted by atomic mass is 32.1. The molecule has 1 saturated carbocycles. The molecule has 0 bridgehead atoms. The minimum absolute atomic E-state index is 0.437. The van der Waals surface area contributed by atoms with Gasteiger partial charge in [-0.1, -0.05) is 19.3 Å². The summed E-state index contributed by atoms with van der Waals surface area (Å²) in [4.78, 5) is 4.87. The van der Waals surface area contributed by atoms with Crippen LogP contribution in [0, 0.1) is 0 Å². The van der Waals surface area contributed by atoms with Gasteiger partial charge in [0.15, 0.2) is 0 Å². The molecule has 1 aliphatic carbocycles. The van der Waals surface area contributed by atoms with Gasteiger partial charge in [-0.3, -0.25) is 0 Å². The highest BCUT2D eigenvalue weighted by molar-refractivity contribution is 7.15. The summed E-state index contributed by atoms with van der Waals surface area (Å²) < 4.78 is 5.56. The molecule has 2 heterocycles. The molecule has 100 valence electrons. The van der Waals surface area contributed by atoms with Gasteiger partial charge in [0, 0.05) is 18.4 Å². The SMILES string of the molecule is Nc1sc(C2CCCCC2)nc1C1CCCOC1. The molecule has 3 rings (SSSR count). The van der Waals surface area contributed by atoms with E-state index >= 15 is 0 Å². The zero-order valence-corrected chi connectivity index (χ0v) is 11.7. The number of nitrogens with two attached hydrogens (primary N) is 1. The molecule has 1 saturated heterocycles. The Kier molecular flexibility index (Phi) is 3.85. The molecule has 0 spiro atoms. The Labute approximate surface area is 113 Å². The van der Waals surface area contributed by atoms with Gasteiger partial charge in [0.25, 0.3) is 0 Å². The maximum atomic E-state index is 6.18. The molecule has 2 N–H and O–H groups in total. The van der Waals surface area contributed by atoms with Gasteiger partial charge >= 0.3 is 0 Å². The van der Waals surface area contributed by atoms with E-state index in [0.29, 0.717) is 11.8 Å². The van der Waals surface area contributed by atoms with E-state index in [-0.39, 0.29) is 0 Å². The van der Waals surface area contributed by atoms with Crippen LogP contribution in [0.3, 0.4) is 0 Å². The average Bonchev–Trinajstić information content (AvgIpc) is 2.83. The molecule has 2 aliphatic rings. The third-order valence-electron chi connectivity index (χ3n) is 4.20. The summed E-state index contributed by atoms with van der Waals surface area (Å²) in [6, 6.07) is 0. The number of nitrogens with zero attached hydrogens (tertiary/aromatic N) is 1. The molecular formula is C14H22N2OS. The second-order valence-corrected chi connectivity index (χ2v) is 6.61. The van der Waals surface area contributed by atoms with E-state index in [2.05, 4.69) is 0 Å². The van der Waals surface area contributed by atoms with Crippen molar-refractivity contribution in [3.63, 3.8) is 0 Å². The van der Waals surface area contributed by atoms with E-state index in [1.807, 2.05) is 0 Å². The van der Waals surface area contributed by atoms with Crippen LogP contribution in [0.4, 0.5) is 5.00 Å². The van der Waals surface area contributed by atoms with E-state index in [9.17, 15) is 0 Å². The fourth-order valence-corrected chi connectivity index (χ4v) is 4.22. The molecule has 1 aromatic heterocycles. The Morgan fingerprint density at radius 2 is 1.83 bits per heavy atom. The molecule has 1 aliphatic heterocycles. The molecule has 18 heavy (non-hydrogen) atoms. The van der Waals surface area contributed by atoms with Crippen molar-refractivity contribution in [2.45, 2.75) is 56.8 Å². The first-order valence-corrected chi connectivity index (χ1v) is 8.00. The van der Waals surface area contributed by atoms with Crippen LogP contribution in [-0.4, -0.2) is 18.2 Å². The molecule has 1 atom stereocenters. The van der Waals surface area contributed by atoms with Gasteiger partial charge in [0.05, 0.1) is 17.3 Å². The standard InChI is InChI=1S/C14H22N2OS/c15-13-12(11-7-4-8-17-9-11)16-14(18-13)10-5-2-1-3-6-10/h10-11H,1-9,15H2. The number of ether oxygens (including phenoxy) is 1. The zero-order valence-electron chi connectivity index (χ0n) is 10.9. The Bertz CT molecular complexity index is 392. The van der Waals surface area contributed by atoms with E-state index in [4.69, 9.17) is 15.5 Å². The molecule has 1 unspecified atom stereocenters. The number of rotatable bonds is 2. The van der Waals surface area contributed by atoms with Crippen molar-refractivity contribution < 1.29 is 4.74 Å². The van der Waals surface area contributed by atoms with Crippen molar-refractivity contribution in [1.29, 1.82) is 0 Å². The monoisotopic (exact) mass is 266 g/mol. The molecule has 0 amide bonds. The maximum Gasteiger partial charge on any atom is 0.110 e. The molecule has 0 radical (unpaired) electrons. The van der Waals surface area contributed by atoms with Crippen LogP contribution >= 0.6 is 11.3 Å². The fraction of sp³-hybridized carbons (Fsp3) is 0.786. The smallest absolute Gasteiger partial charge is 0.110 e. The highest BCUT2D eigenvalue weighted by Gasteiger charge is 2.25. The van der Waals surface area contributed by atoms with Gasteiger partial charge in [-0.25, -0.2) is 4.98 Å². The molecule has 4 heteroatoms. The van der Waals surface area contributed by atoms with Crippen LogP contribution in [-0.2, 0) is 4.74 Å². The first-order valence-electron chi connectivity index (χ1n) is 7.18. The van der Waals surface area contributed by atoms with Gasteiger partial charge < -0.3 is 10.5 Å². The normalized spacial score (nSPS) is 26.3. The van der Waals surface area contributed by atoms with Crippen LogP contribution in [0.2, 0.25) is 0 Å². The number of hydrogen-bond donors (Lipinski definition) is 1. The largest absolute Gasteiger partial charge is 0.389 e. The predicted molar refractivity (Wildman–Crippen MR) is 75.1 cm³/mol. The van der Waals surface area contributed by atoms with Gasteiger partial charge in [0.2, 0.25) is 0 Å². The van der Waals surface area contributed by atoms with Crippen molar-refractivity contribution in [3.8, 4) is 0 Å². The molecule has 3 nitrogen and oxygen atoms in total. The summed E-state index contributed by atoms with van der Waals surface area (Å²) in [7, 11) is 0. The van der Waals surface area contributed by atoms with Crippen LogP contribution in [0.5, 0.6) is 0 Å². The minimum Gasteiger partial charge on any atom is -0.389 e. The molecule has 2 fully saturated rings. The highest BCUT2D eigenvalue weighted by Crippen LogP contribution is 2.39. The molecule has 1 aromatic rings. The van der Waals surface area contributed by atoms with Gasteiger partial charge in [-0.2, -0.15) is 0 Å². The average molecular weight is 266 g/mol. The third-order valence-corrected chi connectivity index (χ3v) is 5.26. The lowest BCUT2D eigenvalue weighted by Crippen LogP contribution is -2.17. The summed E-state index contributed by atoms with van der Waals surface area (Å²) in [5.74, 6) is 1.11. The fourth-order valence-electron chi connectivity index (χ4n) is 3.13. The topological polar surface area (TPSA) is 48.1 Å². The molecular weight excluding hydrogens is 244 g/mol. The predicted octanol–water partition coefficient (Wildman–Crippen LogP) is 3.67. The lowest BCUT2D eigenvalue weighted by molar-refractivity contribution is 0.0796. The van der Waals surface area contributed by atoms with E-state index in [1.165, 1.54) is 43.5 Å². The van der Waals surface area contributed by atoms with Crippen LogP contribution in [0.25, 0.3) is 0 Å². The zero-order chi connectivity index (χ0) is 12.4.